The van der Waals surface area contributed by atoms with E-state index < -0.39 is 11.9 Å². The Kier molecular flexibility index (Phi) is 13.3. The van der Waals surface area contributed by atoms with Gasteiger partial charge in [0.2, 0.25) is 0 Å². The van der Waals surface area contributed by atoms with E-state index in [0.29, 0.717) is 12.4 Å². The first-order valence-electron chi connectivity index (χ1n) is 10.2. The van der Waals surface area contributed by atoms with E-state index >= 15 is 0 Å². The maximum Gasteiger partial charge on any atom is 0.357 e. The number of alkyl halides is 1. The molecule has 0 atom stereocenters. The molecule has 1 aromatic rings. The highest BCUT2D eigenvalue weighted by Gasteiger charge is 2.17. The van der Waals surface area contributed by atoms with Gasteiger partial charge in [0.1, 0.15) is 5.75 Å². The minimum Gasteiger partial charge on any atom is -0.493 e. The van der Waals surface area contributed by atoms with Crippen LogP contribution in [0.25, 0.3) is 0 Å². The minimum atomic E-state index is -0.585. The van der Waals surface area contributed by atoms with Crippen molar-refractivity contribution < 1.29 is 23.8 Å². The summed E-state index contributed by atoms with van der Waals surface area (Å²) in [5.74, 6) is -0.743. The van der Waals surface area contributed by atoms with E-state index in [2.05, 4.69) is 20.9 Å². The maximum atomic E-state index is 12.0. The molecule has 158 valence electrons. The number of carbonyl (C=O) groups is 2. The summed E-state index contributed by atoms with van der Waals surface area (Å²) in [7, 11) is 0. The van der Waals surface area contributed by atoms with Crippen molar-refractivity contribution in [3.63, 3.8) is 0 Å². The van der Waals surface area contributed by atoms with Crippen LogP contribution in [0.4, 0.5) is 0 Å². The second-order valence-corrected chi connectivity index (χ2v) is 7.17. The van der Waals surface area contributed by atoms with Gasteiger partial charge >= 0.3 is 11.9 Å². The van der Waals surface area contributed by atoms with E-state index in [-0.39, 0.29) is 24.6 Å². The lowest BCUT2D eigenvalue weighted by Crippen LogP contribution is -2.13. The van der Waals surface area contributed by atoms with Crippen molar-refractivity contribution in [3.05, 3.63) is 23.5 Å². The first-order valence-corrected chi connectivity index (χ1v) is 11.3. The second-order valence-electron chi connectivity index (χ2n) is 6.38. The van der Waals surface area contributed by atoms with E-state index in [1.165, 1.54) is 50.7 Å². The number of halogens is 1. The molecule has 7 heteroatoms. The van der Waals surface area contributed by atoms with Gasteiger partial charge in [0.15, 0.2) is 11.4 Å². The Balaban J connectivity index is 2.48. The molecule has 0 unspecified atom stereocenters. The fourth-order valence-corrected chi connectivity index (χ4v) is 3.05. The number of carbonyl (C=O) groups excluding carboxylic acids is 2. The smallest absolute Gasteiger partial charge is 0.357 e. The fraction of sp³-hybridized carbons (Fsp3) is 0.667. The average molecular weight is 458 g/mol. The molecule has 0 N–H and O–H groups in total. The largest absolute Gasteiger partial charge is 0.493 e. The van der Waals surface area contributed by atoms with Crippen LogP contribution >= 0.6 is 15.9 Å². The van der Waals surface area contributed by atoms with Crippen LogP contribution in [0.3, 0.4) is 0 Å². The summed E-state index contributed by atoms with van der Waals surface area (Å²) < 4.78 is 15.7. The van der Waals surface area contributed by atoms with Gasteiger partial charge in [-0.05, 0) is 26.7 Å². The number of rotatable bonds is 15. The molecule has 0 fully saturated rings. The molecule has 0 saturated heterocycles. The van der Waals surface area contributed by atoms with E-state index in [1.54, 1.807) is 13.8 Å². The van der Waals surface area contributed by atoms with Gasteiger partial charge in [-0.25, -0.2) is 14.6 Å². The molecule has 0 aliphatic heterocycles. The fourth-order valence-electron chi connectivity index (χ4n) is 2.66. The van der Waals surface area contributed by atoms with E-state index in [9.17, 15) is 9.59 Å². The van der Waals surface area contributed by atoms with E-state index in [1.807, 2.05) is 0 Å². The summed E-state index contributed by atoms with van der Waals surface area (Å²) in [5, 5.41) is 1.09. The van der Waals surface area contributed by atoms with Gasteiger partial charge < -0.3 is 14.2 Å². The van der Waals surface area contributed by atoms with Crippen molar-refractivity contribution in [2.75, 3.05) is 25.2 Å². The molecular weight excluding hydrogens is 426 g/mol. The molecule has 0 aliphatic carbocycles. The van der Waals surface area contributed by atoms with Gasteiger partial charge in [0.05, 0.1) is 19.8 Å². The number of esters is 2. The second kappa shape index (κ2) is 15.3. The molecule has 6 nitrogen and oxygen atoms in total. The number of aromatic nitrogens is 1. The van der Waals surface area contributed by atoms with Crippen molar-refractivity contribution in [1.82, 2.24) is 4.98 Å². The lowest BCUT2D eigenvalue weighted by atomic mass is 10.1. The molecule has 0 aromatic carbocycles. The van der Waals surface area contributed by atoms with Gasteiger partial charge in [0, 0.05) is 17.5 Å². The maximum absolute atomic E-state index is 12.0. The Bertz CT molecular complexity index is 558. The summed E-state index contributed by atoms with van der Waals surface area (Å²) in [4.78, 5) is 28.0. The van der Waals surface area contributed by atoms with Crippen molar-refractivity contribution in [1.29, 1.82) is 0 Å². The Hall–Kier alpha value is -1.63. The molecule has 0 saturated carbocycles. The molecule has 1 rings (SSSR count). The third-order valence-electron chi connectivity index (χ3n) is 4.06. The molecule has 0 spiro atoms. The van der Waals surface area contributed by atoms with Crippen LogP contribution in [0, 0.1) is 0 Å². The van der Waals surface area contributed by atoms with E-state index in [4.69, 9.17) is 14.2 Å². The standard InChI is InChI=1S/C21H32BrNO5/c1-3-26-20(24)18-15-17(16-19(23-18)21(25)27-4-2)28-14-12-10-8-6-5-7-9-11-13-22/h15-16H,3-14H2,1-2H3. The summed E-state index contributed by atoms with van der Waals surface area (Å²) in [5.41, 5.74) is 0.0942. The highest BCUT2D eigenvalue weighted by Crippen LogP contribution is 2.17. The van der Waals surface area contributed by atoms with Crippen LogP contribution in [-0.4, -0.2) is 42.1 Å². The monoisotopic (exact) mass is 457 g/mol. The normalized spacial score (nSPS) is 10.5. The molecule has 0 bridgehead atoms. The topological polar surface area (TPSA) is 74.7 Å². The number of pyridine rings is 1. The van der Waals surface area contributed by atoms with Crippen LogP contribution in [0.15, 0.2) is 12.1 Å². The van der Waals surface area contributed by atoms with Crippen molar-refractivity contribution in [2.24, 2.45) is 0 Å². The molecule has 0 radical (unpaired) electrons. The van der Waals surface area contributed by atoms with Crippen LogP contribution in [0.1, 0.15) is 86.2 Å². The van der Waals surface area contributed by atoms with Crippen molar-refractivity contribution in [3.8, 4) is 5.75 Å². The zero-order valence-corrected chi connectivity index (χ0v) is 18.6. The molecular formula is C21H32BrNO5. The first-order chi connectivity index (χ1) is 13.6. The molecule has 0 aliphatic rings. The lowest BCUT2D eigenvalue weighted by Gasteiger charge is -2.10. The number of ether oxygens (including phenoxy) is 3. The number of nitrogens with zero attached hydrogens (tertiary/aromatic N) is 1. The number of hydrogen-bond acceptors (Lipinski definition) is 6. The quantitative estimate of drug-likeness (QED) is 0.201. The Morgan fingerprint density at radius 2 is 1.29 bits per heavy atom. The highest BCUT2D eigenvalue weighted by atomic mass is 79.9. The van der Waals surface area contributed by atoms with Crippen LogP contribution in [-0.2, 0) is 9.47 Å². The highest BCUT2D eigenvalue weighted by molar-refractivity contribution is 9.09. The van der Waals surface area contributed by atoms with Crippen LogP contribution < -0.4 is 4.74 Å². The SMILES string of the molecule is CCOC(=O)c1cc(OCCCCCCCCCCBr)cc(C(=O)OCC)n1. The van der Waals surface area contributed by atoms with Crippen molar-refractivity contribution >= 4 is 27.9 Å². The van der Waals surface area contributed by atoms with Gasteiger partial charge in [-0.3, -0.25) is 0 Å². The zero-order valence-electron chi connectivity index (χ0n) is 17.0. The van der Waals surface area contributed by atoms with Crippen LogP contribution in [0.2, 0.25) is 0 Å². The summed E-state index contributed by atoms with van der Waals surface area (Å²) >= 11 is 3.45. The van der Waals surface area contributed by atoms with Crippen LogP contribution in [0.5, 0.6) is 5.75 Å². The predicted molar refractivity (Wildman–Crippen MR) is 112 cm³/mol. The Morgan fingerprint density at radius 3 is 1.75 bits per heavy atom. The summed E-state index contributed by atoms with van der Waals surface area (Å²) in [6.45, 7) is 4.42. The number of hydrogen-bond donors (Lipinski definition) is 0. The molecule has 0 amide bonds. The average Bonchev–Trinajstić information content (AvgIpc) is 2.69. The summed E-state index contributed by atoms with van der Waals surface area (Å²) in [6.07, 6.45) is 9.58. The van der Waals surface area contributed by atoms with E-state index in [0.717, 1.165) is 18.2 Å². The number of unbranched alkanes of at least 4 members (excludes halogenated alkanes) is 7. The molecule has 28 heavy (non-hydrogen) atoms. The Labute approximate surface area is 176 Å². The molecule has 1 aromatic heterocycles. The minimum absolute atomic E-state index is 0.0471. The summed E-state index contributed by atoms with van der Waals surface area (Å²) in [6, 6.07) is 3.01. The third kappa shape index (κ3) is 10.1. The third-order valence-corrected chi connectivity index (χ3v) is 4.63. The predicted octanol–water partition coefficient (Wildman–Crippen LogP) is 5.33. The van der Waals surface area contributed by atoms with Gasteiger partial charge in [0.25, 0.3) is 0 Å². The van der Waals surface area contributed by atoms with Gasteiger partial charge in [-0.2, -0.15) is 0 Å². The molecule has 1 heterocycles. The Morgan fingerprint density at radius 1 is 0.821 bits per heavy atom. The first kappa shape index (κ1) is 24.4. The van der Waals surface area contributed by atoms with Gasteiger partial charge in [-0.15, -0.1) is 0 Å². The zero-order chi connectivity index (χ0) is 20.6. The van der Waals surface area contributed by atoms with Crippen molar-refractivity contribution in [2.45, 2.75) is 65.2 Å². The lowest BCUT2D eigenvalue weighted by molar-refractivity contribution is 0.0510. The van der Waals surface area contributed by atoms with Gasteiger partial charge in [-0.1, -0.05) is 54.5 Å².